The van der Waals surface area contributed by atoms with E-state index in [1.165, 1.54) is 0 Å². The van der Waals surface area contributed by atoms with E-state index in [1.54, 1.807) is 24.3 Å². The largest absolute Gasteiger partial charge is 0.484 e. The van der Waals surface area contributed by atoms with E-state index in [-0.39, 0.29) is 12.5 Å². The molecule has 0 aliphatic carbocycles. The fraction of sp³-hybridized carbons (Fsp3) is 0.533. The molecule has 0 unspecified atom stereocenters. The quantitative estimate of drug-likeness (QED) is 0.713. The van der Waals surface area contributed by atoms with E-state index in [9.17, 15) is 4.79 Å². The fourth-order valence-corrected chi connectivity index (χ4v) is 1.58. The monoisotopic (exact) mass is 299 g/mol. The molecule has 5 heteroatoms. The lowest BCUT2D eigenvalue weighted by molar-refractivity contribution is -0.123. The summed E-state index contributed by atoms with van der Waals surface area (Å²) in [7, 11) is 0. The smallest absolute Gasteiger partial charge is 0.257 e. The van der Waals surface area contributed by atoms with Crippen LogP contribution in [0.15, 0.2) is 24.3 Å². The van der Waals surface area contributed by atoms with Gasteiger partial charge in [0.25, 0.3) is 5.91 Å². The van der Waals surface area contributed by atoms with Crippen molar-refractivity contribution in [3.63, 3.8) is 0 Å². The molecule has 1 amide bonds. The predicted molar refractivity (Wildman–Crippen MR) is 80.2 cm³/mol. The first-order chi connectivity index (χ1) is 9.58. The second-order valence-electron chi connectivity index (χ2n) is 4.91. The summed E-state index contributed by atoms with van der Waals surface area (Å²) in [5.74, 6) is 1.03. The van der Waals surface area contributed by atoms with E-state index in [0.717, 1.165) is 13.0 Å². The maximum Gasteiger partial charge on any atom is 0.257 e. The fourth-order valence-electron chi connectivity index (χ4n) is 1.45. The highest BCUT2D eigenvalue weighted by atomic mass is 35.5. The van der Waals surface area contributed by atoms with Crippen LogP contribution in [0, 0.1) is 5.92 Å². The molecule has 1 aromatic rings. The number of amides is 1. The van der Waals surface area contributed by atoms with Crippen molar-refractivity contribution in [3.8, 4) is 5.75 Å². The van der Waals surface area contributed by atoms with Gasteiger partial charge in [-0.05, 0) is 36.6 Å². The normalized spacial score (nSPS) is 10.6. The van der Waals surface area contributed by atoms with Crippen molar-refractivity contribution < 1.29 is 14.3 Å². The van der Waals surface area contributed by atoms with Crippen LogP contribution in [0.4, 0.5) is 0 Å². The molecule has 0 bridgehead atoms. The number of rotatable bonds is 9. The van der Waals surface area contributed by atoms with Crippen LogP contribution in [-0.2, 0) is 9.53 Å². The van der Waals surface area contributed by atoms with Gasteiger partial charge in [-0.25, -0.2) is 0 Å². The van der Waals surface area contributed by atoms with Gasteiger partial charge in [-0.1, -0.05) is 25.4 Å². The number of ether oxygens (including phenoxy) is 2. The molecule has 0 saturated carbocycles. The van der Waals surface area contributed by atoms with E-state index in [4.69, 9.17) is 21.1 Å². The first-order valence-electron chi connectivity index (χ1n) is 6.80. The first kappa shape index (κ1) is 16.8. The molecule has 4 nitrogen and oxygen atoms in total. The van der Waals surface area contributed by atoms with Crippen LogP contribution in [0.3, 0.4) is 0 Å². The van der Waals surface area contributed by atoms with Crippen LogP contribution < -0.4 is 10.1 Å². The average Bonchev–Trinajstić information content (AvgIpc) is 2.41. The van der Waals surface area contributed by atoms with E-state index < -0.39 is 0 Å². The summed E-state index contributed by atoms with van der Waals surface area (Å²) < 4.78 is 10.8. The number of hydrogen-bond donors (Lipinski definition) is 1. The highest BCUT2D eigenvalue weighted by molar-refractivity contribution is 6.30. The number of halogens is 1. The molecule has 112 valence electrons. The topological polar surface area (TPSA) is 47.6 Å². The lowest BCUT2D eigenvalue weighted by atomic mass is 10.2. The van der Waals surface area contributed by atoms with Gasteiger partial charge in [0.1, 0.15) is 5.75 Å². The van der Waals surface area contributed by atoms with Crippen LogP contribution in [0.25, 0.3) is 0 Å². The summed E-state index contributed by atoms with van der Waals surface area (Å²) in [6.45, 7) is 6.24. The third-order valence-electron chi connectivity index (χ3n) is 2.42. The maximum absolute atomic E-state index is 11.5. The van der Waals surface area contributed by atoms with Crippen LogP contribution in [0.1, 0.15) is 20.3 Å². The van der Waals surface area contributed by atoms with Crippen molar-refractivity contribution in [3.05, 3.63) is 29.3 Å². The number of benzene rings is 1. The van der Waals surface area contributed by atoms with E-state index in [2.05, 4.69) is 19.2 Å². The van der Waals surface area contributed by atoms with Crippen molar-refractivity contribution in [2.75, 3.05) is 26.4 Å². The summed E-state index contributed by atoms with van der Waals surface area (Å²) in [6.07, 6.45) is 0.805. The zero-order chi connectivity index (χ0) is 14.8. The number of hydrogen-bond acceptors (Lipinski definition) is 3. The summed E-state index contributed by atoms with van der Waals surface area (Å²) in [5, 5.41) is 3.42. The molecular formula is C15H22ClNO3. The van der Waals surface area contributed by atoms with E-state index in [0.29, 0.717) is 29.8 Å². The number of carbonyl (C=O) groups is 1. The zero-order valence-corrected chi connectivity index (χ0v) is 12.8. The van der Waals surface area contributed by atoms with Gasteiger partial charge in [-0.3, -0.25) is 4.79 Å². The third-order valence-corrected chi connectivity index (χ3v) is 2.67. The number of nitrogens with one attached hydrogen (secondary N) is 1. The second kappa shape index (κ2) is 9.61. The molecule has 0 spiro atoms. The summed E-state index contributed by atoms with van der Waals surface area (Å²) in [6, 6.07) is 6.91. The van der Waals surface area contributed by atoms with Gasteiger partial charge in [-0.15, -0.1) is 0 Å². The highest BCUT2D eigenvalue weighted by Gasteiger charge is 2.02. The Labute approximate surface area is 125 Å². The number of carbonyl (C=O) groups excluding carboxylic acids is 1. The van der Waals surface area contributed by atoms with Gasteiger partial charge < -0.3 is 14.8 Å². The van der Waals surface area contributed by atoms with E-state index >= 15 is 0 Å². The molecule has 0 atom stereocenters. The Bertz CT molecular complexity index is 393. The van der Waals surface area contributed by atoms with Crippen molar-refractivity contribution in [2.45, 2.75) is 20.3 Å². The van der Waals surface area contributed by atoms with Crippen molar-refractivity contribution in [1.29, 1.82) is 0 Å². The minimum Gasteiger partial charge on any atom is -0.484 e. The molecule has 1 rings (SSSR count). The minimum absolute atomic E-state index is 0.00842. The lowest BCUT2D eigenvalue weighted by Crippen LogP contribution is -2.30. The summed E-state index contributed by atoms with van der Waals surface area (Å²) in [4.78, 5) is 11.5. The molecule has 0 heterocycles. The van der Waals surface area contributed by atoms with E-state index in [1.807, 2.05) is 0 Å². The Morgan fingerprint density at radius 2 is 2.00 bits per heavy atom. The molecule has 0 aromatic heterocycles. The Hall–Kier alpha value is -1.26. The molecule has 0 fully saturated rings. The van der Waals surface area contributed by atoms with Gasteiger partial charge in [0, 0.05) is 24.8 Å². The van der Waals surface area contributed by atoms with Crippen LogP contribution >= 0.6 is 11.6 Å². The minimum atomic E-state index is -0.135. The standard InChI is InChI=1S/C15H22ClNO3/c1-12(2)10-19-9-3-8-17-15(18)11-20-14-6-4-13(16)5-7-14/h4-7,12H,3,8-11H2,1-2H3,(H,17,18). The Balaban J connectivity index is 2.04. The van der Waals surface area contributed by atoms with Crippen molar-refractivity contribution in [1.82, 2.24) is 5.32 Å². The second-order valence-corrected chi connectivity index (χ2v) is 5.35. The molecule has 20 heavy (non-hydrogen) atoms. The molecule has 0 radical (unpaired) electrons. The van der Waals surface area contributed by atoms with Gasteiger partial charge >= 0.3 is 0 Å². The van der Waals surface area contributed by atoms with Gasteiger partial charge in [0.2, 0.25) is 0 Å². The van der Waals surface area contributed by atoms with Crippen molar-refractivity contribution in [2.24, 2.45) is 5.92 Å². The van der Waals surface area contributed by atoms with Gasteiger partial charge in [0.05, 0.1) is 0 Å². The molecule has 1 N–H and O–H groups in total. The Kier molecular flexibility index (Phi) is 8.07. The molecule has 0 aliphatic rings. The molecule has 0 saturated heterocycles. The van der Waals surface area contributed by atoms with Gasteiger partial charge in [-0.2, -0.15) is 0 Å². The third kappa shape index (κ3) is 8.02. The average molecular weight is 300 g/mol. The Morgan fingerprint density at radius 1 is 1.30 bits per heavy atom. The first-order valence-corrected chi connectivity index (χ1v) is 7.18. The lowest BCUT2D eigenvalue weighted by Gasteiger charge is -2.09. The van der Waals surface area contributed by atoms with Crippen LogP contribution in [0.5, 0.6) is 5.75 Å². The SMILES string of the molecule is CC(C)COCCCNC(=O)COc1ccc(Cl)cc1. The summed E-state index contributed by atoms with van der Waals surface area (Å²) in [5.41, 5.74) is 0. The maximum atomic E-state index is 11.5. The van der Waals surface area contributed by atoms with Crippen LogP contribution in [0.2, 0.25) is 5.02 Å². The zero-order valence-electron chi connectivity index (χ0n) is 12.0. The van der Waals surface area contributed by atoms with Crippen molar-refractivity contribution >= 4 is 17.5 Å². The summed E-state index contributed by atoms with van der Waals surface area (Å²) >= 11 is 5.76. The Morgan fingerprint density at radius 3 is 2.65 bits per heavy atom. The predicted octanol–water partition coefficient (Wildman–Crippen LogP) is 2.90. The highest BCUT2D eigenvalue weighted by Crippen LogP contribution is 2.15. The van der Waals surface area contributed by atoms with Crippen LogP contribution in [-0.4, -0.2) is 32.3 Å². The molecular weight excluding hydrogens is 278 g/mol. The van der Waals surface area contributed by atoms with Gasteiger partial charge in [0.15, 0.2) is 6.61 Å². The molecule has 0 aliphatic heterocycles. The molecule has 1 aromatic carbocycles.